The highest BCUT2D eigenvalue weighted by Gasteiger charge is 2.18. The van der Waals surface area contributed by atoms with Crippen molar-refractivity contribution in [3.8, 4) is 0 Å². The first kappa shape index (κ1) is 14.9. The van der Waals surface area contributed by atoms with Crippen LogP contribution >= 0.6 is 27.5 Å². The van der Waals surface area contributed by atoms with Crippen LogP contribution in [0.1, 0.15) is 13.8 Å². The summed E-state index contributed by atoms with van der Waals surface area (Å²) >= 11 is 9.17. The van der Waals surface area contributed by atoms with Gasteiger partial charge in [-0.05, 0) is 27.9 Å². The van der Waals surface area contributed by atoms with E-state index in [4.69, 9.17) is 11.6 Å². The largest absolute Gasteiger partial charge is 0.262 e. The molecule has 0 amide bonds. The molecule has 0 radical (unpaired) electrons. The van der Waals surface area contributed by atoms with E-state index in [1.54, 1.807) is 0 Å². The molecule has 4 nitrogen and oxygen atoms in total. The lowest BCUT2D eigenvalue weighted by Gasteiger charge is -2.14. The average molecular weight is 342 g/mol. The van der Waals surface area contributed by atoms with Crippen LogP contribution in [-0.4, -0.2) is 25.3 Å². The Bertz CT molecular complexity index is 479. The third-order valence-corrected chi connectivity index (χ3v) is 4.66. The smallest absolute Gasteiger partial charge is 0.242 e. The quantitative estimate of drug-likeness (QED) is 0.837. The SMILES string of the molecule is CC(C)C(Cl)CNS(=O)(=O)c1cncc(Br)c1. The van der Waals surface area contributed by atoms with E-state index in [0.717, 1.165) is 0 Å². The summed E-state index contributed by atoms with van der Waals surface area (Å²) in [5.74, 6) is 0.208. The van der Waals surface area contributed by atoms with E-state index < -0.39 is 10.0 Å². The summed E-state index contributed by atoms with van der Waals surface area (Å²) in [4.78, 5) is 3.94. The summed E-state index contributed by atoms with van der Waals surface area (Å²) in [6.45, 7) is 4.08. The van der Waals surface area contributed by atoms with Crippen LogP contribution in [0.5, 0.6) is 0 Å². The highest BCUT2D eigenvalue weighted by atomic mass is 79.9. The molecule has 0 aliphatic rings. The van der Waals surface area contributed by atoms with Gasteiger partial charge in [0.25, 0.3) is 0 Å². The lowest BCUT2D eigenvalue weighted by molar-refractivity contribution is 0.556. The Balaban J connectivity index is 2.76. The fourth-order valence-electron chi connectivity index (χ4n) is 1.05. The van der Waals surface area contributed by atoms with Crippen LogP contribution in [0.3, 0.4) is 0 Å². The Kier molecular flexibility index (Phi) is 5.37. The van der Waals surface area contributed by atoms with E-state index in [1.165, 1.54) is 18.5 Å². The van der Waals surface area contributed by atoms with E-state index in [1.807, 2.05) is 13.8 Å². The van der Waals surface area contributed by atoms with Crippen LogP contribution in [-0.2, 0) is 10.0 Å². The molecule has 0 aromatic carbocycles. The summed E-state index contributed by atoms with van der Waals surface area (Å²) in [6, 6.07) is 1.49. The third-order valence-electron chi connectivity index (χ3n) is 2.18. The number of alkyl halides is 1. The van der Waals surface area contributed by atoms with E-state index in [9.17, 15) is 8.42 Å². The maximum Gasteiger partial charge on any atom is 0.242 e. The summed E-state index contributed by atoms with van der Waals surface area (Å²) in [7, 11) is -3.54. The number of nitrogens with zero attached hydrogens (tertiary/aromatic N) is 1. The van der Waals surface area contributed by atoms with Crippen LogP contribution in [0.25, 0.3) is 0 Å². The molecule has 1 heterocycles. The molecule has 1 aromatic heterocycles. The first-order valence-electron chi connectivity index (χ1n) is 5.07. The van der Waals surface area contributed by atoms with Gasteiger partial charge in [0.15, 0.2) is 0 Å². The second kappa shape index (κ2) is 6.13. The van der Waals surface area contributed by atoms with Gasteiger partial charge in [0.2, 0.25) is 10.0 Å². The van der Waals surface area contributed by atoms with Gasteiger partial charge < -0.3 is 0 Å². The van der Waals surface area contributed by atoms with Crippen molar-refractivity contribution in [3.63, 3.8) is 0 Å². The van der Waals surface area contributed by atoms with E-state index in [-0.39, 0.29) is 22.7 Å². The number of nitrogens with one attached hydrogen (secondary N) is 1. The van der Waals surface area contributed by atoms with Crippen LogP contribution in [0.4, 0.5) is 0 Å². The minimum Gasteiger partial charge on any atom is -0.262 e. The van der Waals surface area contributed by atoms with Crippen molar-refractivity contribution in [2.24, 2.45) is 5.92 Å². The van der Waals surface area contributed by atoms with Gasteiger partial charge in [-0.1, -0.05) is 13.8 Å². The summed E-state index contributed by atoms with van der Waals surface area (Å²) < 4.78 is 26.8. The van der Waals surface area contributed by atoms with E-state index in [0.29, 0.717) is 4.47 Å². The minimum atomic E-state index is -3.54. The zero-order chi connectivity index (χ0) is 13.1. The standard InChI is InChI=1S/C10H14BrClN2O2S/c1-7(2)10(12)6-14-17(15,16)9-3-8(11)4-13-5-9/h3-5,7,10,14H,6H2,1-2H3. The molecular formula is C10H14BrClN2O2S. The molecule has 17 heavy (non-hydrogen) atoms. The highest BCUT2D eigenvalue weighted by Crippen LogP contribution is 2.15. The van der Waals surface area contributed by atoms with Gasteiger partial charge in [0, 0.05) is 28.8 Å². The fourth-order valence-corrected chi connectivity index (χ4v) is 2.78. The Hall–Kier alpha value is -0.170. The molecule has 0 aliphatic heterocycles. The predicted molar refractivity (Wildman–Crippen MR) is 71.6 cm³/mol. The molecule has 0 saturated heterocycles. The zero-order valence-electron chi connectivity index (χ0n) is 9.52. The van der Waals surface area contributed by atoms with Gasteiger partial charge >= 0.3 is 0 Å². The van der Waals surface area contributed by atoms with Gasteiger partial charge in [0.1, 0.15) is 4.90 Å². The van der Waals surface area contributed by atoms with Gasteiger partial charge in [-0.25, -0.2) is 13.1 Å². The Morgan fingerprint density at radius 1 is 1.47 bits per heavy atom. The Labute approximate surface area is 115 Å². The maximum absolute atomic E-state index is 11.9. The summed E-state index contributed by atoms with van der Waals surface area (Å²) in [5, 5.41) is -0.232. The van der Waals surface area contributed by atoms with Gasteiger partial charge in [-0.15, -0.1) is 11.6 Å². The molecule has 0 bridgehead atoms. The lowest BCUT2D eigenvalue weighted by atomic mass is 10.1. The number of rotatable bonds is 5. The molecule has 0 spiro atoms. The van der Waals surface area contributed by atoms with Gasteiger partial charge in [-0.3, -0.25) is 4.98 Å². The molecule has 0 aliphatic carbocycles. The second-order valence-electron chi connectivity index (χ2n) is 3.95. The number of hydrogen-bond donors (Lipinski definition) is 1. The second-order valence-corrected chi connectivity index (χ2v) is 7.19. The average Bonchev–Trinajstić information content (AvgIpc) is 2.26. The van der Waals surface area contributed by atoms with E-state index in [2.05, 4.69) is 25.6 Å². The molecule has 0 fully saturated rings. The molecule has 1 unspecified atom stereocenters. The molecule has 1 aromatic rings. The zero-order valence-corrected chi connectivity index (χ0v) is 12.7. The molecule has 96 valence electrons. The van der Waals surface area contributed by atoms with Crippen molar-refractivity contribution in [1.82, 2.24) is 9.71 Å². The number of aromatic nitrogens is 1. The Morgan fingerprint density at radius 2 is 2.12 bits per heavy atom. The fraction of sp³-hybridized carbons (Fsp3) is 0.500. The van der Waals surface area contributed by atoms with Crippen molar-refractivity contribution < 1.29 is 8.42 Å². The number of halogens is 2. The minimum absolute atomic E-state index is 0.125. The first-order valence-corrected chi connectivity index (χ1v) is 7.78. The highest BCUT2D eigenvalue weighted by molar-refractivity contribution is 9.10. The number of hydrogen-bond acceptors (Lipinski definition) is 3. The lowest BCUT2D eigenvalue weighted by Crippen LogP contribution is -2.32. The van der Waals surface area contributed by atoms with Crippen molar-refractivity contribution in [2.75, 3.05) is 6.54 Å². The monoisotopic (exact) mass is 340 g/mol. The van der Waals surface area contributed by atoms with Crippen LogP contribution < -0.4 is 4.72 Å². The number of pyridine rings is 1. The summed E-state index contributed by atoms with van der Waals surface area (Å²) in [5.41, 5.74) is 0. The molecule has 1 rings (SSSR count). The molecular weight excluding hydrogens is 328 g/mol. The van der Waals surface area contributed by atoms with E-state index >= 15 is 0 Å². The molecule has 7 heteroatoms. The molecule has 0 saturated carbocycles. The molecule has 1 N–H and O–H groups in total. The van der Waals surface area contributed by atoms with Gasteiger partial charge in [-0.2, -0.15) is 0 Å². The normalized spacial score (nSPS) is 13.9. The van der Waals surface area contributed by atoms with Crippen LogP contribution in [0.15, 0.2) is 27.8 Å². The van der Waals surface area contributed by atoms with Crippen LogP contribution in [0, 0.1) is 5.92 Å². The first-order chi connectivity index (χ1) is 7.83. The summed E-state index contributed by atoms with van der Waals surface area (Å²) in [6.07, 6.45) is 2.82. The van der Waals surface area contributed by atoms with Crippen LogP contribution in [0.2, 0.25) is 0 Å². The van der Waals surface area contributed by atoms with Gasteiger partial charge in [0.05, 0.1) is 0 Å². The van der Waals surface area contributed by atoms with Crippen molar-refractivity contribution in [3.05, 3.63) is 22.9 Å². The van der Waals surface area contributed by atoms with Crippen molar-refractivity contribution >= 4 is 37.6 Å². The third kappa shape index (κ3) is 4.54. The van der Waals surface area contributed by atoms with Crippen molar-refractivity contribution in [1.29, 1.82) is 0 Å². The topological polar surface area (TPSA) is 59.1 Å². The number of sulfonamides is 1. The molecule has 1 atom stereocenters. The Morgan fingerprint density at radius 3 is 2.65 bits per heavy atom. The van der Waals surface area contributed by atoms with Crippen molar-refractivity contribution in [2.45, 2.75) is 24.1 Å². The predicted octanol–water partition coefficient (Wildman–Crippen LogP) is 2.39. The maximum atomic E-state index is 11.9.